The zero-order chi connectivity index (χ0) is 20.2. The van der Waals surface area contributed by atoms with Gasteiger partial charge in [0.05, 0.1) is 0 Å². The van der Waals surface area contributed by atoms with Crippen LogP contribution < -0.4 is 50.7 Å². The van der Waals surface area contributed by atoms with Crippen molar-refractivity contribution in [2.24, 2.45) is 0 Å². The molecule has 4 aromatic rings. The van der Waals surface area contributed by atoms with Crippen LogP contribution in [0.2, 0.25) is 0 Å². The van der Waals surface area contributed by atoms with Gasteiger partial charge in [-0.15, -0.1) is 0 Å². The molecule has 0 aliphatic rings. The summed E-state index contributed by atoms with van der Waals surface area (Å²) in [4.78, 5) is 25.6. The summed E-state index contributed by atoms with van der Waals surface area (Å²) in [6.07, 6.45) is 0. The summed E-state index contributed by atoms with van der Waals surface area (Å²) in [6, 6.07) is 23.9. The summed E-state index contributed by atoms with van der Waals surface area (Å²) in [6.45, 7) is 2.69. The van der Waals surface area contributed by atoms with Gasteiger partial charge in [-0.05, 0) is 52.9 Å². The van der Waals surface area contributed by atoms with Gasteiger partial charge in [-0.1, -0.05) is 54.6 Å². The fourth-order valence-electron chi connectivity index (χ4n) is 3.14. The van der Waals surface area contributed by atoms with Crippen LogP contribution >= 0.6 is 0 Å². The second-order valence-corrected chi connectivity index (χ2v) is 6.74. The van der Waals surface area contributed by atoms with Gasteiger partial charge < -0.3 is 14.2 Å². The van der Waals surface area contributed by atoms with E-state index in [0.717, 1.165) is 21.4 Å². The molecule has 7 heteroatoms. The molecule has 1 aromatic heterocycles. The number of aryl methyl sites for hydroxylation is 1. The Labute approximate surface area is 195 Å². The van der Waals surface area contributed by atoms with Gasteiger partial charge in [-0.2, -0.15) is 0 Å². The SMILES string of the molecule is Cc1ccccc1-c1cccc(COc2ccc(Cn3oc(=O)[n-]c3=O)cc2)c1.[Na+]. The van der Waals surface area contributed by atoms with Gasteiger partial charge in [-0.3, -0.25) is 9.53 Å². The zero-order valence-electron chi connectivity index (χ0n) is 16.9. The minimum absolute atomic E-state index is 0. The van der Waals surface area contributed by atoms with Crippen LogP contribution in [0.1, 0.15) is 16.7 Å². The van der Waals surface area contributed by atoms with Gasteiger partial charge in [0, 0.05) is 6.54 Å². The van der Waals surface area contributed by atoms with Gasteiger partial charge >= 0.3 is 35.3 Å². The van der Waals surface area contributed by atoms with Crippen molar-refractivity contribution < 1.29 is 38.8 Å². The van der Waals surface area contributed by atoms with Crippen LogP contribution in [0.5, 0.6) is 5.75 Å². The summed E-state index contributed by atoms with van der Waals surface area (Å²) < 4.78 is 11.5. The number of hydrogen-bond donors (Lipinski definition) is 0. The molecule has 0 N–H and O–H groups in total. The van der Waals surface area contributed by atoms with Crippen molar-refractivity contribution in [2.45, 2.75) is 20.1 Å². The van der Waals surface area contributed by atoms with E-state index in [2.05, 4.69) is 36.2 Å². The van der Waals surface area contributed by atoms with Crippen LogP contribution in [0.3, 0.4) is 0 Å². The van der Waals surface area contributed by atoms with Crippen LogP contribution in [0.4, 0.5) is 0 Å². The van der Waals surface area contributed by atoms with Crippen molar-refractivity contribution in [1.29, 1.82) is 0 Å². The van der Waals surface area contributed by atoms with Gasteiger partial charge in [-0.25, -0.2) is 4.79 Å². The molecule has 30 heavy (non-hydrogen) atoms. The van der Waals surface area contributed by atoms with E-state index in [1.54, 1.807) is 0 Å². The van der Waals surface area contributed by atoms with Crippen LogP contribution in [-0.4, -0.2) is 4.74 Å². The second kappa shape index (κ2) is 9.80. The number of hydrogen-bond acceptors (Lipinski definition) is 4. The molecular formula is C23H19N2NaO4. The molecule has 0 radical (unpaired) electrons. The molecule has 0 fully saturated rings. The fourth-order valence-corrected chi connectivity index (χ4v) is 3.14. The van der Waals surface area contributed by atoms with E-state index in [0.29, 0.717) is 12.4 Å². The molecule has 0 saturated carbocycles. The maximum absolute atomic E-state index is 11.5. The van der Waals surface area contributed by atoms with Crippen molar-refractivity contribution >= 4 is 0 Å². The normalized spacial score (nSPS) is 10.4. The number of rotatable bonds is 6. The molecule has 0 unspecified atom stereocenters. The predicted octanol–water partition coefficient (Wildman–Crippen LogP) is 0.365. The van der Waals surface area contributed by atoms with Gasteiger partial charge in [0.1, 0.15) is 12.4 Å². The zero-order valence-corrected chi connectivity index (χ0v) is 18.9. The minimum Gasteiger partial charge on any atom is -0.489 e. The van der Waals surface area contributed by atoms with Crippen LogP contribution in [0.15, 0.2) is 86.9 Å². The average Bonchev–Trinajstić information content (AvgIpc) is 3.05. The summed E-state index contributed by atoms with van der Waals surface area (Å²) >= 11 is 0. The first-order chi connectivity index (χ1) is 14.1. The predicted molar refractivity (Wildman–Crippen MR) is 109 cm³/mol. The standard InChI is InChI=1S/C23H20N2O4.Na/c1-16-5-2-3-8-21(16)19-7-4-6-18(13-19)15-28-20-11-9-17(10-12-20)14-25-22(26)24-23(27)29-25;/h2-13H,14-15H2,1H3,(H,24,26,27);/q;+1/p-1. The molecule has 1 heterocycles. The first-order valence-corrected chi connectivity index (χ1v) is 9.20. The van der Waals surface area contributed by atoms with Gasteiger partial charge in [0.25, 0.3) is 0 Å². The molecular weight excluding hydrogens is 391 g/mol. The van der Waals surface area contributed by atoms with Crippen LogP contribution in [-0.2, 0) is 13.2 Å². The van der Waals surface area contributed by atoms with Crippen molar-refractivity contribution in [3.8, 4) is 16.9 Å². The Morgan fingerprint density at radius 2 is 1.70 bits per heavy atom. The maximum Gasteiger partial charge on any atom is 1.00 e. The summed E-state index contributed by atoms with van der Waals surface area (Å²) in [5, 5.41) is 0. The maximum atomic E-state index is 11.5. The summed E-state index contributed by atoms with van der Waals surface area (Å²) in [5.41, 5.74) is 4.79. The van der Waals surface area contributed by atoms with Crippen LogP contribution in [0.25, 0.3) is 11.1 Å². The molecule has 0 saturated heterocycles. The molecule has 0 aliphatic heterocycles. The van der Waals surface area contributed by atoms with E-state index < -0.39 is 11.4 Å². The van der Waals surface area contributed by atoms with Crippen molar-refractivity contribution in [2.75, 3.05) is 0 Å². The third kappa shape index (κ3) is 5.21. The first-order valence-electron chi connectivity index (χ1n) is 9.20. The Hall–Kier alpha value is -2.80. The third-order valence-electron chi connectivity index (χ3n) is 4.63. The Bertz CT molecular complexity index is 1240. The molecule has 4 rings (SSSR count). The third-order valence-corrected chi connectivity index (χ3v) is 4.63. The van der Waals surface area contributed by atoms with E-state index in [-0.39, 0.29) is 36.1 Å². The van der Waals surface area contributed by atoms with Crippen molar-refractivity contribution in [3.05, 3.63) is 111 Å². The van der Waals surface area contributed by atoms with E-state index in [1.165, 1.54) is 11.1 Å². The van der Waals surface area contributed by atoms with E-state index in [9.17, 15) is 9.59 Å². The van der Waals surface area contributed by atoms with Crippen molar-refractivity contribution in [3.63, 3.8) is 0 Å². The molecule has 3 aromatic carbocycles. The first kappa shape index (κ1) is 21.9. The molecule has 0 spiro atoms. The average molecular weight is 410 g/mol. The summed E-state index contributed by atoms with van der Waals surface area (Å²) in [7, 11) is 0. The monoisotopic (exact) mass is 410 g/mol. The van der Waals surface area contributed by atoms with E-state index in [4.69, 9.17) is 9.26 Å². The molecule has 6 nitrogen and oxygen atoms in total. The van der Waals surface area contributed by atoms with Crippen molar-refractivity contribution in [1.82, 2.24) is 9.72 Å². The Morgan fingerprint density at radius 1 is 0.933 bits per heavy atom. The molecule has 0 aliphatic carbocycles. The molecule has 146 valence electrons. The molecule has 0 amide bonds. The minimum atomic E-state index is -0.886. The fraction of sp³-hybridized carbons (Fsp3) is 0.130. The number of nitrogens with zero attached hydrogens (tertiary/aromatic N) is 2. The smallest absolute Gasteiger partial charge is 0.489 e. The number of benzene rings is 3. The quantitative estimate of drug-likeness (QED) is 0.429. The second-order valence-electron chi connectivity index (χ2n) is 6.74. The largest absolute Gasteiger partial charge is 1.00 e. The van der Waals surface area contributed by atoms with Gasteiger partial charge in [0.15, 0.2) is 5.69 Å². The molecule has 0 bridgehead atoms. The number of aromatic nitrogens is 2. The Balaban J connectivity index is 0.00000256. The van der Waals surface area contributed by atoms with E-state index in [1.807, 2.05) is 48.5 Å². The Morgan fingerprint density at radius 3 is 2.40 bits per heavy atom. The molecule has 0 atom stereocenters. The van der Waals surface area contributed by atoms with E-state index >= 15 is 0 Å². The van der Waals surface area contributed by atoms with Crippen LogP contribution in [0, 0.1) is 6.92 Å². The summed E-state index contributed by atoms with van der Waals surface area (Å²) in [5.74, 6) is -0.174. The number of ether oxygens (including phenoxy) is 1. The van der Waals surface area contributed by atoms with Gasteiger partial charge in [0.2, 0.25) is 0 Å². The Kier molecular flexibility index (Phi) is 7.15. The topological polar surface area (TPSA) is 75.5 Å².